The highest BCUT2D eigenvalue weighted by Gasteiger charge is 2.43. The summed E-state index contributed by atoms with van der Waals surface area (Å²) in [4.78, 5) is 41.4. The Labute approximate surface area is 199 Å². The van der Waals surface area contributed by atoms with Gasteiger partial charge in [-0.2, -0.15) is 0 Å². The van der Waals surface area contributed by atoms with Gasteiger partial charge in [0.05, 0.1) is 12.1 Å². The molecule has 6 heteroatoms. The van der Waals surface area contributed by atoms with Crippen LogP contribution in [0.3, 0.4) is 0 Å². The van der Waals surface area contributed by atoms with Crippen LogP contribution in [0.25, 0.3) is 0 Å². The Morgan fingerprint density at radius 2 is 1.38 bits per heavy atom. The van der Waals surface area contributed by atoms with Crippen LogP contribution in [-0.4, -0.2) is 46.2 Å². The number of nitrogens with one attached hydrogen (secondary N) is 1. The SMILES string of the molecule is CC(C(=O)c1ccccc1)N1CCC[C@H]1C(=O)NC(=O)C(O)(c1ccccc1)c1ccccc1. The van der Waals surface area contributed by atoms with Gasteiger partial charge in [-0.3, -0.25) is 24.6 Å². The zero-order chi connectivity index (χ0) is 24.1. The van der Waals surface area contributed by atoms with E-state index in [1.54, 1.807) is 91.9 Å². The van der Waals surface area contributed by atoms with E-state index in [1.165, 1.54) is 0 Å². The van der Waals surface area contributed by atoms with Crippen LogP contribution in [0.1, 0.15) is 41.3 Å². The van der Waals surface area contributed by atoms with Gasteiger partial charge in [-0.05, 0) is 37.4 Å². The van der Waals surface area contributed by atoms with Crippen LogP contribution in [0.5, 0.6) is 0 Å². The van der Waals surface area contributed by atoms with Gasteiger partial charge in [-0.1, -0.05) is 91.0 Å². The molecule has 6 nitrogen and oxygen atoms in total. The van der Waals surface area contributed by atoms with E-state index in [-0.39, 0.29) is 5.78 Å². The number of hydrogen-bond donors (Lipinski definition) is 2. The number of carbonyl (C=O) groups excluding carboxylic acids is 3. The van der Waals surface area contributed by atoms with Crippen molar-refractivity contribution in [1.82, 2.24) is 10.2 Å². The summed E-state index contributed by atoms with van der Waals surface area (Å²) in [5, 5.41) is 14.0. The number of ketones is 1. The van der Waals surface area contributed by atoms with Crippen LogP contribution in [-0.2, 0) is 15.2 Å². The summed E-state index contributed by atoms with van der Waals surface area (Å²) in [6.07, 6.45) is 1.26. The quantitative estimate of drug-likeness (QED) is 0.533. The summed E-state index contributed by atoms with van der Waals surface area (Å²) < 4.78 is 0. The maximum Gasteiger partial charge on any atom is 0.267 e. The smallest absolute Gasteiger partial charge is 0.267 e. The van der Waals surface area contributed by atoms with E-state index < -0.39 is 29.5 Å². The zero-order valence-corrected chi connectivity index (χ0v) is 19.1. The first-order chi connectivity index (χ1) is 16.4. The highest BCUT2D eigenvalue weighted by Crippen LogP contribution is 2.30. The first-order valence-electron chi connectivity index (χ1n) is 11.5. The molecule has 4 rings (SSSR count). The number of aliphatic hydroxyl groups is 1. The molecule has 1 saturated heterocycles. The molecule has 0 bridgehead atoms. The van der Waals surface area contributed by atoms with Gasteiger partial charge in [-0.15, -0.1) is 0 Å². The lowest BCUT2D eigenvalue weighted by atomic mass is 9.85. The van der Waals surface area contributed by atoms with Crippen molar-refractivity contribution in [3.63, 3.8) is 0 Å². The zero-order valence-electron chi connectivity index (χ0n) is 19.1. The average Bonchev–Trinajstić information content (AvgIpc) is 3.39. The summed E-state index contributed by atoms with van der Waals surface area (Å²) in [5.41, 5.74) is -0.725. The molecular formula is C28H28N2O4. The number of likely N-dealkylation sites (tertiary alicyclic amines) is 1. The van der Waals surface area contributed by atoms with Crippen LogP contribution < -0.4 is 5.32 Å². The molecule has 34 heavy (non-hydrogen) atoms. The summed E-state index contributed by atoms with van der Waals surface area (Å²) in [6, 6.07) is 24.9. The Balaban J connectivity index is 1.55. The first-order valence-corrected chi connectivity index (χ1v) is 11.5. The van der Waals surface area contributed by atoms with Gasteiger partial charge in [0.2, 0.25) is 5.91 Å². The van der Waals surface area contributed by atoms with Crippen molar-refractivity contribution < 1.29 is 19.5 Å². The van der Waals surface area contributed by atoms with E-state index in [2.05, 4.69) is 5.32 Å². The lowest BCUT2D eigenvalue weighted by Gasteiger charge is -2.31. The predicted molar refractivity (Wildman–Crippen MR) is 129 cm³/mol. The van der Waals surface area contributed by atoms with E-state index in [4.69, 9.17) is 0 Å². The number of imide groups is 1. The van der Waals surface area contributed by atoms with Crippen molar-refractivity contribution in [2.75, 3.05) is 6.54 Å². The molecule has 3 aromatic carbocycles. The third-order valence-corrected chi connectivity index (χ3v) is 6.48. The molecule has 1 heterocycles. The Hall–Kier alpha value is -3.61. The van der Waals surface area contributed by atoms with Crippen LogP contribution in [0, 0.1) is 0 Å². The van der Waals surface area contributed by atoms with Gasteiger partial charge >= 0.3 is 0 Å². The van der Waals surface area contributed by atoms with Gasteiger partial charge in [0, 0.05) is 5.56 Å². The molecule has 1 unspecified atom stereocenters. The second kappa shape index (κ2) is 10.1. The fraction of sp³-hybridized carbons (Fsp3) is 0.250. The summed E-state index contributed by atoms with van der Waals surface area (Å²) >= 11 is 0. The van der Waals surface area contributed by atoms with Crippen LogP contribution >= 0.6 is 0 Å². The second-order valence-corrected chi connectivity index (χ2v) is 8.56. The molecule has 0 aromatic heterocycles. The molecule has 3 aromatic rings. The Morgan fingerprint density at radius 3 is 1.91 bits per heavy atom. The Kier molecular flexibility index (Phi) is 7.01. The summed E-state index contributed by atoms with van der Waals surface area (Å²) in [7, 11) is 0. The summed E-state index contributed by atoms with van der Waals surface area (Å²) in [5.74, 6) is -1.40. The molecule has 0 spiro atoms. The topological polar surface area (TPSA) is 86.7 Å². The van der Waals surface area contributed by atoms with Crippen molar-refractivity contribution in [3.8, 4) is 0 Å². The van der Waals surface area contributed by atoms with E-state index in [9.17, 15) is 19.5 Å². The number of rotatable bonds is 7. The minimum atomic E-state index is -2.03. The number of nitrogens with zero attached hydrogens (tertiary/aromatic N) is 1. The molecule has 2 N–H and O–H groups in total. The van der Waals surface area contributed by atoms with Crippen molar-refractivity contribution in [3.05, 3.63) is 108 Å². The Bertz CT molecular complexity index is 1110. The van der Waals surface area contributed by atoms with Gasteiger partial charge in [0.1, 0.15) is 0 Å². The van der Waals surface area contributed by atoms with Gasteiger partial charge in [0.15, 0.2) is 11.4 Å². The molecule has 2 atom stereocenters. The van der Waals surface area contributed by atoms with Crippen molar-refractivity contribution in [2.24, 2.45) is 0 Å². The molecule has 174 valence electrons. The minimum Gasteiger partial charge on any atom is -0.372 e. The Morgan fingerprint density at radius 1 is 0.882 bits per heavy atom. The van der Waals surface area contributed by atoms with Crippen molar-refractivity contribution in [2.45, 2.75) is 37.5 Å². The molecule has 2 amide bonds. The second-order valence-electron chi connectivity index (χ2n) is 8.56. The number of carbonyl (C=O) groups is 3. The number of hydrogen-bond acceptors (Lipinski definition) is 5. The standard InChI is InChI=1S/C28H28N2O4/c1-20(25(31)21-12-5-2-6-13-21)30-19-11-18-24(30)26(32)29-27(33)28(34,22-14-7-3-8-15-22)23-16-9-4-10-17-23/h2-10,12-17,20,24,34H,11,18-19H2,1H3,(H,29,32,33)/t20?,24-/m0/s1. The maximum atomic E-state index is 13.4. The first kappa shape index (κ1) is 23.5. The number of Topliss-reactive ketones (excluding diaryl/α,β-unsaturated/α-hetero) is 1. The molecule has 0 saturated carbocycles. The monoisotopic (exact) mass is 456 g/mol. The van der Waals surface area contributed by atoms with Crippen molar-refractivity contribution in [1.29, 1.82) is 0 Å². The maximum absolute atomic E-state index is 13.4. The van der Waals surface area contributed by atoms with E-state index in [0.29, 0.717) is 29.7 Å². The molecule has 0 aliphatic carbocycles. The number of amides is 2. The third-order valence-electron chi connectivity index (χ3n) is 6.48. The lowest BCUT2D eigenvalue weighted by molar-refractivity contribution is -0.143. The van der Waals surface area contributed by atoms with E-state index in [1.807, 2.05) is 11.0 Å². The van der Waals surface area contributed by atoms with Crippen LogP contribution in [0.4, 0.5) is 0 Å². The molecule has 0 radical (unpaired) electrons. The molecule has 1 aliphatic rings. The van der Waals surface area contributed by atoms with Crippen LogP contribution in [0.2, 0.25) is 0 Å². The number of benzene rings is 3. The van der Waals surface area contributed by atoms with Crippen LogP contribution in [0.15, 0.2) is 91.0 Å². The van der Waals surface area contributed by atoms with E-state index in [0.717, 1.165) is 6.42 Å². The highest BCUT2D eigenvalue weighted by molar-refractivity contribution is 6.04. The summed E-state index contributed by atoms with van der Waals surface area (Å²) in [6.45, 7) is 2.36. The molecular weight excluding hydrogens is 428 g/mol. The average molecular weight is 457 g/mol. The molecule has 1 aliphatic heterocycles. The minimum absolute atomic E-state index is 0.0725. The predicted octanol–water partition coefficient (Wildman–Crippen LogP) is 3.30. The fourth-order valence-electron chi connectivity index (χ4n) is 4.60. The van der Waals surface area contributed by atoms with Crippen molar-refractivity contribution >= 4 is 17.6 Å². The normalized spacial score (nSPS) is 17.2. The lowest BCUT2D eigenvalue weighted by Crippen LogP contribution is -2.54. The highest BCUT2D eigenvalue weighted by atomic mass is 16.3. The van der Waals surface area contributed by atoms with Gasteiger partial charge in [-0.25, -0.2) is 0 Å². The third kappa shape index (κ3) is 4.55. The largest absolute Gasteiger partial charge is 0.372 e. The van der Waals surface area contributed by atoms with E-state index >= 15 is 0 Å². The fourth-order valence-corrected chi connectivity index (χ4v) is 4.60. The van der Waals surface area contributed by atoms with Gasteiger partial charge in [0.25, 0.3) is 5.91 Å². The molecule has 1 fully saturated rings. The van der Waals surface area contributed by atoms with Gasteiger partial charge < -0.3 is 5.11 Å².